The minimum Gasteiger partial charge on any atom is -0.349 e. The Morgan fingerprint density at radius 2 is 2.11 bits per heavy atom. The Balaban J connectivity index is 2.11. The number of halogens is 2. The average Bonchev–Trinajstić information content (AvgIpc) is 2.64. The lowest BCUT2D eigenvalue weighted by atomic mass is 9.97. The van der Waals surface area contributed by atoms with Crippen LogP contribution in [-0.4, -0.2) is 16.9 Å². The van der Waals surface area contributed by atoms with Gasteiger partial charge in [-0.05, 0) is 30.7 Å². The zero-order valence-electron chi connectivity index (χ0n) is 10.4. The molecule has 1 heterocycles. The van der Waals surface area contributed by atoms with Crippen molar-refractivity contribution in [1.29, 1.82) is 0 Å². The predicted molar refractivity (Wildman–Crippen MR) is 63.0 cm³/mol. The number of hydrogen-bond donors (Lipinski definition) is 1. The highest BCUT2D eigenvalue weighted by Crippen LogP contribution is 2.31. The van der Waals surface area contributed by atoms with Crippen molar-refractivity contribution >= 4 is 5.91 Å². The van der Waals surface area contributed by atoms with Crippen LogP contribution in [0.5, 0.6) is 0 Å². The van der Waals surface area contributed by atoms with Crippen LogP contribution in [0.15, 0.2) is 12.3 Å². The fourth-order valence-corrected chi connectivity index (χ4v) is 2.41. The van der Waals surface area contributed by atoms with Crippen molar-refractivity contribution in [2.45, 2.75) is 32.7 Å². The summed E-state index contributed by atoms with van der Waals surface area (Å²) < 4.78 is 26.3. The summed E-state index contributed by atoms with van der Waals surface area (Å²) in [6.07, 6.45) is 3.01. The standard InChI is InChI=1S/C13H16F2N2O/c1-7-3-4-10(8(7)2)17-13(18)9-5-6-16-12(15)11(9)14/h5-8,10H,3-4H2,1-2H3,(H,17,18). The summed E-state index contributed by atoms with van der Waals surface area (Å²) in [5.41, 5.74) is -0.283. The topological polar surface area (TPSA) is 42.0 Å². The van der Waals surface area contributed by atoms with Crippen molar-refractivity contribution in [3.05, 3.63) is 29.6 Å². The first-order chi connectivity index (χ1) is 8.50. The molecule has 0 saturated heterocycles. The second kappa shape index (κ2) is 5.00. The normalized spacial score (nSPS) is 27.2. The molecule has 3 atom stereocenters. The minimum atomic E-state index is -1.24. The third-order valence-electron chi connectivity index (χ3n) is 3.87. The zero-order chi connectivity index (χ0) is 13.3. The summed E-state index contributed by atoms with van der Waals surface area (Å²) in [6.45, 7) is 4.19. The first-order valence-corrected chi connectivity index (χ1v) is 6.11. The van der Waals surface area contributed by atoms with E-state index in [1.54, 1.807) is 0 Å². The first kappa shape index (κ1) is 12.9. The van der Waals surface area contributed by atoms with Gasteiger partial charge in [0.15, 0.2) is 5.82 Å². The summed E-state index contributed by atoms with van der Waals surface area (Å²) in [5, 5.41) is 2.77. The summed E-state index contributed by atoms with van der Waals surface area (Å²) in [4.78, 5) is 15.0. The van der Waals surface area contributed by atoms with Crippen LogP contribution in [0.4, 0.5) is 8.78 Å². The van der Waals surface area contributed by atoms with Gasteiger partial charge in [-0.1, -0.05) is 13.8 Å². The van der Waals surface area contributed by atoms with Gasteiger partial charge in [-0.15, -0.1) is 0 Å². The molecule has 1 aliphatic rings. The monoisotopic (exact) mass is 254 g/mol. The van der Waals surface area contributed by atoms with Gasteiger partial charge >= 0.3 is 0 Å². The van der Waals surface area contributed by atoms with Gasteiger partial charge in [-0.2, -0.15) is 4.39 Å². The van der Waals surface area contributed by atoms with E-state index in [0.29, 0.717) is 11.8 Å². The van der Waals surface area contributed by atoms with Crippen molar-refractivity contribution < 1.29 is 13.6 Å². The van der Waals surface area contributed by atoms with Gasteiger partial charge in [0.2, 0.25) is 5.95 Å². The lowest BCUT2D eigenvalue weighted by Gasteiger charge is -2.19. The van der Waals surface area contributed by atoms with Gasteiger partial charge in [-0.25, -0.2) is 9.37 Å². The van der Waals surface area contributed by atoms with Crippen LogP contribution in [0.3, 0.4) is 0 Å². The van der Waals surface area contributed by atoms with E-state index in [1.165, 1.54) is 6.07 Å². The summed E-state index contributed by atoms with van der Waals surface area (Å²) in [5.74, 6) is -2.11. The second-order valence-corrected chi connectivity index (χ2v) is 4.96. The maximum absolute atomic E-state index is 13.4. The van der Waals surface area contributed by atoms with Gasteiger partial charge in [-0.3, -0.25) is 4.79 Å². The van der Waals surface area contributed by atoms with Crippen LogP contribution in [-0.2, 0) is 0 Å². The Morgan fingerprint density at radius 1 is 1.39 bits per heavy atom. The lowest BCUT2D eigenvalue weighted by Crippen LogP contribution is -2.37. The third kappa shape index (κ3) is 2.35. The van der Waals surface area contributed by atoms with Gasteiger partial charge < -0.3 is 5.32 Å². The molecule has 0 radical (unpaired) electrons. The van der Waals surface area contributed by atoms with Crippen LogP contribution in [0.1, 0.15) is 37.0 Å². The van der Waals surface area contributed by atoms with Crippen LogP contribution >= 0.6 is 0 Å². The molecule has 0 spiro atoms. The number of pyridine rings is 1. The Bertz CT molecular complexity index is 464. The second-order valence-electron chi connectivity index (χ2n) is 4.96. The van der Waals surface area contributed by atoms with Crippen molar-refractivity contribution in [3.63, 3.8) is 0 Å². The number of nitrogens with one attached hydrogen (secondary N) is 1. The summed E-state index contributed by atoms with van der Waals surface area (Å²) >= 11 is 0. The molecule has 5 heteroatoms. The van der Waals surface area contributed by atoms with E-state index < -0.39 is 17.7 Å². The van der Waals surface area contributed by atoms with Crippen LogP contribution < -0.4 is 5.32 Å². The number of amides is 1. The van der Waals surface area contributed by atoms with Crippen LogP contribution in [0.2, 0.25) is 0 Å². The minimum absolute atomic E-state index is 0.0307. The highest BCUT2D eigenvalue weighted by molar-refractivity contribution is 5.94. The molecule has 1 aromatic heterocycles. The molecular formula is C13H16F2N2O. The molecule has 2 rings (SSSR count). The summed E-state index contributed by atoms with van der Waals surface area (Å²) in [7, 11) is 0. The molecule has 1 fully saturated rings. The van der Waals surface area contributed by atoms with Crippen LogP contribution in [0, 0.1) is 23.6 Å². The number of carbonyl (C=O) groups excluding carboxylic acids is 1. The molecule has 3 nitrogen and oxygen atoms in total. The maximum atomic E-state index is 13.4. The van der Waals surface area contributed by atoms with Gasteiger partial charge in [0.05, 0.1) is 5.56 Å². The highest BCUT2D eigenvalue weighted by atomic mass is 19.2. The molecule has 98 valence electrons. The highest BCUT2D eigenvalue weighted by Gasteiger charge is 2.31. The molecule has 18 heavy (non-hydrogen) atoms. The van der Waals surface area contributed by atoms with Gasteiger partial charge in [0.1, 0.15) is 0 Å². The third-order valence-corrected chi connectivity index (χ3v) is 3.87. The number of carbonyl (C=O) groups is 1. The molecule has 0 aliphatic heterocycles. The number of rotatable bonds is 2. The number of nitrogens with zero attached hydrogens (tertiary/aromatic N) is 1. The van der Waals surface area contributed by atoms with Crippen molar-refractivity contribution in [2.75, 3.05) is 0 Å². The van der Waals surface area contributed by atoms with E-state index in [1.807, 2.05) is 0 Å². The Kier molecular flexibility index (Phi) is 3.59. The predicted octanol–water partition coefficient (Wildman–Crippen LogP) is 2.52. The molecular weight excluding hydrogens is 238 g/mol. The molecule has 0 bridgehead atoms. The van der Waals surface area contributed by atoms with Crippen molar-refractivity contribution in [2.24, 2.45) is 11.8 Å². The van der Waals surface area contributed by atoms with Crippen LogP contribution in [0.25, 0.3) is 0 Å². The molecule has 1 amide bonds. The van der Waals surface area contributed by atoms with E-state index >= 15 is 0 Å². The SMILES string of the molecule is CC1CCC(NC(=O)c2ccnc(F)c2F)C1C. The zero-order valence-corrected chi connectivity index (χ0v) is 10.4. The van der Waals surface area contributed by atoms with Crippen molar-refractivity contribution in [1.82, 2.24) is 10.3 Å². The molecule has 1 N–H and O–H groups in total. The number of aromatic nitrogens is 1. The van der Waals surface area contributed by atoms with E-state index in [4.69, 9.17) is 0 Å². The average molecular weight is 254 g/mol. The Morgan fingerprint density at radius 3 is 2.72 bits per heavy atom. The van der Waals surface area contributed by atoms with Crippen molar-refractivity contribution in [3.8, 4) is 0 Å². The number of hydrogen-bond acceptors (Lipinski definition) is 2. The fourth-order valence-electron chi connectivity index (χ4n) is 2.41. The fraction of sp³-hybridized carbons (Fsp3) is 0.538. The maximum Gasteiger partial charge on any atom is 0.254 e. The Labute approximate surface area is 105 Å². The van der Waals surface area contributed by atoms with E-state index in [2.05, 4.69) is 24.1 Å². The van der Waals surface area contributed by atoms with Gasteiger partial charge in [0.25, 0.3) is 5.91 Å². The lowest BCUT2D eigenvalue weighted by molar-refractivity contribution is 0.0922. The largest absolute Gasteiger partial charge is 0.349 e. The first-order valence-electron chi connectivity index (χ1n) is 6.11. The molecule has 3 unspecified atom stereocenters. The molecule has 1 aliphatic carbocycles. The van der Waals surface area contributed by atoms with Gasteiger partial charge in [0, 0.05) is 12.2 Å². The van der Waals surface area contributed by atoms with E-state index in [-0.39, 0.29) is 11.6 Å². The smallest absolute Gasteiger partial charge is 0.254 e. The molecule has 1 aromatic rings. The molecule has 1 saturated carbocycles. The van der Waals surface area contributed by atoms with E-state index in [0.717, 1.165) is 19.0 Å². The van der Waals surface area contributed by atoms with E-state index in [9.17, 15) is 13.6 Å². The Hall–Kier alpha value is -1.52. The quantitative estimate of drug-likeness (QED) is 0.824. The summed E-state index contributed by atoms with van der Waals surface area (Å²) in [6, 6.07) is 1.22. The molecule has 0 aromatic carbocycles.